The van der Waals surface area contributed by atoms with Crippen LogP contribution >= 0.6 is 0 Å². The van der Waals surface area contributed by atoms with Crippen LogP contribution in [0.1, 0.15) is 15.9 Å². The number of nitrogens with one attached hydrogen (secondary N) is 1. The Kier molecular flexibility index (Phi) is 5.69. The van der Waals surface area contributed by atoms with Gasteiger partial charge in [0.25, 0.3) is 5.91 Å². The fourth-order valence-electron chi connectivity index (χ4n) is 2.21. The minimum Gasteiger partial charge on any atom is -0.435 e. The summed E-state index contributed by atoms with van der Waals surface area (Å²) in [6.45, 7) is -3.06. The Morgan fingerprint density at radius 2 is 1.81 bits per heavy atom. The van der Waals surface area contributed by atoms with Crippen molar-refractivity contribution in [1.82, 2.24) is 0 Å². The van der Waals surface area contributed by atoms with Crippen molar-refractivity contribution in [1.29, 1.82) is 0 Å². The number of amides is 1. The summed E-state index contributed by atoms with van der Waals surface area (Å²) < 4.78 is 67.5. The summed E-state index contributed by atoms with van der Waals surface area (Å²) in [6.07, 6.45) is -4.57. The van der Waals surface area contributed by atoms with Crippen LogP contribution in [0.4, 0.5) is 33.3 Å². The largest absolute Gasteiger partial charge is 0.435 e. The molecule has 26 heavy (non-hydrogen) atoms. The maximum absolute atomic E-state index is 12.9. The Morgan fingerprint density at radius 1 is 1.12 bits per heavy atom. The zero-order valence-electron chi connectivity index (χ0n) is 13.8. The molecule has 4 nitrogen and oxygen atoms in total. The number of anilines is 2. The molecular weight excluding hydrogens is 359 g/mol. The summed E-state index contributed by atoms with van der Waals surface area (Å²) in [6, 6.07) is 7.91. The van der Waals surface area contributed by atoms with Crippen LogP contribution in [0.3, 0.4) is 0 Å². The van der Waals surface area contributed by atoms with Crippen molar-refractivity contribution < 1.29 is 31.5 Å². The number of hydrogen-bond acceptors (Lipinski definition) is 3. The fraction of sp³-hybridized carbons (Fsp3) is 0.235. The molecule has 2 aromatic rings. The molecule has 140 valence electrons. The third kappa shape index (κ3) is 4.84. The molecule has 1 amide bonds. The molecular formula is C17H15F5N2O2. The van der Waals surface area contributed by atoms with Crippen molar-refractivity contribution in [2.45, 2.75) is 12.8 Å². The zero-order chi connectivity index (χ0) is 19.5. The summed E-state index contributed by atoms with van der Waals surface area (Å²) in [5.74, 6) is -0.989. The highest BCUT2D eigenvalue weighted by molar-refractivity contribution is 6.06. The molecule has 0 aliphatic rings. The third-order valence-electron chi connectivity index (χ3n) is 3.38. The number of benzene rings is 2. The predicted octanol–water partition coefficient (Wildman–Crippen LogP) is 4.63. The van der Waals surface area contributed by atoms with Gasteiger partial charge >= 0.3 is 12.8 Å². The number of rotatable bonds is 5. The Balaban J connectivity index is 2.33. The van der Waals surface area contributed by atoms with Crippen LogP contribution in [0.25, 0.3) is 0 Å². The lowest BCUT2D eigenvalue weighted by Crippen LogP contribution is -2.18. The van der Waals surface area contributed by atoms with Gasteiger partial charge in [-0.25, -0.2) is 0 Å². The molecule has 0 aromatic heterocycles. The zero-order valence-corrected chi connectivity index (χ0v) is 13.8. The van der Waals surface area contributed by atoms with Crippen molar-refractivity contribution in [3.8, 4) is 5.75 Å². The molecule has 0 aliphatic heterocycles. The Bertz CT molecular complexity index is 791. The molecule has 0 atom stereocenters. The van der Waals surface area contributed by atoms with Crippen LogP contribution in [-0.2, 0) is 6.18 Å². The van der Waals surface area contributed by atoms with Gasteiger partial charge in [-0.3, -0.25) is 4.79 Å². The maximum atomic E-state index is 12.9. The third-order valence-corrected chi connectivity index (χ3v) is 3.38. The van der Waals surface area contributed by atoms with E-state index in [-0.39, 0.29) is 17.0 Å². The van der Waals surface area contributed by atoms with E-state index < -0.39 is 24.3 Å². The quantitative estimate of drug-likeness (QED) is 0.777. The lowest BCUT2D eigenvalue weighted by atomic mass is 10.1. The van der Waals surface area contributed by atoms with Gasteiger partial charge in [0.05, 0.1) is 16.9 Å². The number of nitrogens with zero attached hydrogens (tertiary/aromatic N) is 1. The Hall–Kier alpha value is -2.84. The molecule has 0 heterocycles. The maximum Gasteiger partial charge on any atom is 0.416 e. The number of ether oxygens (including phenoxy) is 1. The van der Waals surface area contributed by atoms with Gasteiger partial charge in [0.15, 0.2) is 0 Å². The first-order valence-electron chi connectivity index (χ1n) is 7.32. The minimum atomic E-state index is -4.57. The number of hydrogen-bond donors (Lipinski definition) is 1. The van der Waals surface area contributed by atoms with E-state index in [1.165, 1.54) is 29.2 Å². The highest BCUT2D eigenvalue weighted by Crippen LogP contribution is 2.35. The van der Waals surface area contributed by atoms with E-state index in [1.54, 1.807) is 14.1 Å². The molecule has 0 unspecified atom stereocenters. The van der Waals surface area contributed by atoms with Crippen LogP contribution in [0.15, 0.2) is 42.5 Å². The van der Waals surface area contributed by atoms with Crippen LogP contribution in [-0.4, -0.2) is 26.6 Å². The second kappa shape index (κ2) is 7.59. The van der Waals surface area contributed by atoms with Crippen molar-refractivity contribution in [3.05, 3.63) is 53.6 Å². The predicted molar refractivity (Wildman–Crippen MR) is 86.8 cm³/mol. The van der Waals surface area contributed by atoms with E-state index in [0.717, 1.165) is 18.2 Å². The molecule has 0 fully saturated rings. The van der Waals surface area contributed by atoms with Gasteiger partial charge in [-0.05, 0) is 36.4 Å². The van der Waals surface area contributed by atoms with Crippen molar-refractivity contribution in [2.24, 2.45) is 0 Å². The monoisotopic (exact) mass is 374 g/mol. The first-order chi connectivity index (χ1) is 12.1. The molecule has 9 heteroatoms. The number of halogens is 5. The molecule has 0 aliphatic carbocycles. The summed E-state index contributed by atoms with van der Waals surface area (Å²) in [5, 5.41) is 2.38. The molecule has 0 radical (unpaired) electrons. The van der Waals surface area contributed by atoms with Crippen LogP contribution < -0.4 is 15.0 Å². The first kappa shape index (κ1) is 19.5. The second-order valence-electron chi connectivity index (χ2n) is 5.48. The molecule has 2 aromatic carbocycles. The van der Waals surface area contributed by atoms with E-state index in [1.807, 2.05) is 0 Å². The molecule has 0 bridgehead atoms. The number of carbonyl (C=O) groups excluding carboxylic acids is 1. The summed E-state index contributed by atoms with van der Waals surface area (Å²) in [7, 11) is 3.21. The number of alkyl halides is 5. The number of carbonyl (C=O) groups is 1. The van der Waals surface area contributed by atoms with Crippen molar-refractivity contribution in [2.75, 3.05) is 24.3 Å². The van der Waals surface area contributed by atoms with Crippen molar-refractivity contribution >= 4 is 17.3 Å². The SMILES string of the molecule is CN(C)c1ccc(C(F)(F)F)cc1NC(=O)c1cccc(OC(F)F)c1. The summed E-state index contributed by atoms with van der Waals surface area (Å²) in [5.41, 5.74) is -0.667. The van der Waals surface area contributed by atoms with Crippen molar-refractivity contribution in [3.63, 3.8) is 0 Å². The fourth-order valence-corrected chi connectivity index (χ4v) is 2.21. The molecule has 1 N–H and O–H groups in total. The van der Waals surface area contributed by atoms with Gasteiger partial charge in [0.2, 0.25) is 0 Å². The average Bonchev–Trinajstić information content (AvgIpc) is 2.53. The van der Waals surface area contributed by atoms with Gasteiger partial charge in [-0.2, -0.15) is 22.0 Å². The van der Waals surface area contributed by atoms with Gasteiger partial charge < -0.3 is 15.0 Å². The normalized spacial score (nSPS) is 11.4. The smallest absolute Gasteiger partial charge is 0.416 e. The first-order valence-corrected chi connectivity index (χ1v) is 7.32. The highest BCUT2D eigenvalue weighted by Gasteiger charge is 2.31. The highest BCUT2D eigenvalue weighted by atomic mass is 19.4. The van der Waals surface area contributed by atoms with Gasteiger partial charge in [0.1, 0.15) is 5.75 Å². The van der Waals surface area contributed by atoms with E-state index in [4.69, 9.17) is 0 Å². The Morgan fingerprint density at radius 3 is 2.38 bits per heavy atom. The second-order valence-corrected chi connectivity index (χ2v) is 5.48. The van der Waals surface area contributed by atoms with Gasteiger partial charge in [0, 0.05) is 19.7 Å². The van der Waals surface area contributed by atoms with Crippen LogP contribution in [0.5, 0.6) is 5.75 Å². The van der Waals surface area contributed by atoms with E-state index in [9.17, 15) is 26.7 Å². The molecule has 0 saturated heterocycles. The average molecular weight is 374 g/mol. The summed E-state index contributed by atoms with van der Waals surface area (Å²) >= 11 is 0. The molecule has 0 spiro atoms. The Labute approximate surface area is 146 Å². The lowest BCUT2D eigenvalue weighted by Gasteiger charge is -2.20. The van der Waals surface area contributed by atoms with Gasteiger partial charge in [-0.15, -0.1) is 0 Å². The van der Waals surface area contributed by atoms with E-state index in [0.29, 0.717) is 5.69 Å². The molecule has 0 saturated carbocycles. The minimum absolute atomic E-state index is 0.0368. The topological polar surface area (TPSA) is 41.6 Å². The van der Waals surface area contributed by atoms with Crippen LogP contribution in [0, 0.1) is 0 Å². The standard InChI is InChI=1S/C17H15F5N2O2/c1-24(2)14-7-6-11(17(20,21)22)9-13(14)23-15(25)10-4-3-5-12(8-10)26-16(18)19/h3-9,16H,1-2H3,(H,23,25). The van der Waals surface area contributed by atoms with Gasteiger partial charge in [-0.1, -0.05) is 6.07 Å². The summed E-state index contributed by atoms with van der Waals surface area (Å²) in [4.78, 5) is 13.9. The lowest BCUT2D eigenvalue weighted by molar-refractivity contribution is -0.137. The van der Waals surface area contributed by atoms with E-state index in [2.05, 4.69) is 10.1 Å². The van der Waals surface area contributed by atoms with E-state index >= 15 is 0 Å². The van der Waals surface area contributed by atoms with Crippen LogP contribution in [0.2, 0.25) is 0 Å². The molecule has 2 rings (SSSR count).